The fourth-order valence-electron chi connectivity index (χ4n) is 1.42. The van der Waals surface area contributed by atoms with Crippen LogP contribution in [0.4, 0.5) is 5.69 Å². The van der Waals surface area contributed by atoms with Gasteiger partial charge in [0.25, 0.3) is 0 Å². The van der Waals surface area contributed by atoms with E-state index in [1.807, 2.05) is 6.08 Å². The summed E-state index contributed by atoms with van der Waals surface area (Å²) in [5.74, 6) is 0. The van der Waals surface area contributed by atoms with Crippen LogP contribution in [0.15, 0.2) is 35.8 Å². The van der Waals surface area contributed by atoms with Gasteiger partial charge in [-0.25, -0.2) is 0 Å². The van der Waals surface area contributed by atoms with Crippen molar-refractivity contribution < 1.29 is 0 Å². The van der Waals surface area contributed by atoms with Gasteiger partial charge in [0, 0.05) is 5.71 Å². The molecule has 0 aliphatic carbocycles. The van der Waals surface area contributed by atoms with E-state index in [2.05, 4.69) is 50.5 Å². The highest BCUT2D eigenvalue weighted by Gasteiger charge is 1.99. The van der Waals surface area contributed by atoms with Crippen LogP contribution in [0.25, 0.3) is 0 Å². The third-order valence-corrected chi connectivity index (χ3v) is 2.54. The third-order valence-electron chi connectivity index (χ3n) is 2.54. The Morgan fingerprint density at radius 1 is 1.40 bits per heavy atom. The smallest absolute Gasteiger partial charge is 0.0664 e. The standard InChI is InChI=1S/C14H19N/c1-5-12-9-8-11(4)14(10-12)15-13(6-2)7-3/h6,8-10H,2,5,7H2,1,3-4H3/b15-13+. The number of rotatable bonds is 4. The average molecular weight is 201 g/mol. The van der Waals surface area contributed by atoms with E-state index in [0.29, 0.717) is 0 Å². The summed E-state index contributed by atoms with van der Waals surface area (Å²) in [6, 6.07) is 6.45. The van der Waals surface area contributed by atoms with Gasteiger partial charge in [-0.3, -0.25) is 4.99 Å². The zero-order valence-electron chi connectivity index (χ0n) is 9.88. The zero-order valence-corrected chi connectivity index (χ0v) is 9.88. The summed E-state index contributed by atoms with van der Waals surface area (Å²) >= 11 is 0. The molecule has 0 radical (unpaired) electrons. The number of aryl methyl sites for hydroxylation is 2. The van der Waals surface area contributed by atoms with Crippen molar-refractivity contribution in [1.82, 2.24) is 0 Å². The Balaban J connectivity index is 3.12. The molecule has 0 bridgehead atoms. The Hall–Kier alpha value is -1.37. The second-order valence-corrected chi connectivity index (χ2v) is 3.64. The van der Waals surface area contributed by atoms with E-state index in [9.17, 15) is 0 Å². The molecule has 15 heavy (non-hydrogen) atoms. The highest BCUT2D eigenvalue weighted by atomic mass is 14.7. The van der Waals surface area contributed by atoms with Crippen LogP contribution >= 0.6 is 0 Å². The monoisotopic (exact) mass is 201 g/mol. The summed E-state index contributed by atoms with van der Waals surface area (Å²) in [6.45, 7) is 10.1. The van der Waals surface area contributed by atoms with Crippen LogP contribution in [0.2, 0.25) is 0 Å². The van der Waals surface area contributed by atoms with Crippen LogP contribution in [-0.4, -0.2) is 5.71 Å². The van der Waals surface area contributed by atoms with E-state index >= 15 is 0 Å². The van der Waals surface area contributed by atoms with Gasteiger partial charge in [-0.05, 0) is 43.0 Å². The summed E-state index contributed by atoms with van der Waals surface area (Å²) in [6.07, 6.45) is 3.82. The zero-order chi connectivity index (χ0) is 11.3. The first-order valence-corrected chi connectivity index (χ1v) is 5.50. The maximum atomic E-state index is 4.60. The first-order valence-electron chi connectivity index (χ1n) is 5.50. The number of aliphatic imine (C=N–C) groups is 1. The highest BCUT2D eigenvalue weighted by molar-refractivity contribution is 5.96. The van der Waals surface area contributed by atoms with E-state index in [1.165, 1.54) is 11.1 Å². The number of hydrogen-bond acceptors (Lipinski definition) is 1. The molecule has 1 heteroatoms. The van der Waals surface area contributed by atoms with Crippen molar-refractivity contribution in [2.24, 2.45) is 4.99 Å². The quantitative estimate of drug-likeness (QED) is 0.646. The molecule has 1 rings (SSSR count). The van der Waals surface area contributed by atoms with Crippen molar-refractivity contribution in [2.45, 2.75) is 33.6 Å². The first-order chi connectivity index (χ1) is 7.21. The van der Waals surface area contributed by atoms with E-state index in [1.54, 1.807) is 0 Å². The van der Waals surface area contributed by atoms with Crippen molar-refractivity contribution >= 4 is 11.4 Å². The second-order valence-electron chi connectivity index (χ2n) is 3.64. The highest BCUT2D eigenvalue weighted by Crippen LogP contribution is 2.21. The molecule has 1 aromatic carbocycles. The summed E-state index contributed by atoms with van der Waals surface area (Å²) in [7, 11) is 0. The fourth-order valence-corrected chi connectivity index (χ4v) is 1.42. The first kappa shape index (κ1) is 11.7. The van der Waals surface area contributed by atoms with Crippen LogP contribution in [0.5, 0.6) is 0 Å². The van der Waals surface area contributed by atoms with Gasteiger partial charge < -0.3 is 0 Å². The van der Waals surface area contributed by atoms with Crippen molar-refractivity contribution in [3.63, 3.8) is 0 Å². The van der Waals surface area contributed by atoms with Crippen LogP contribution in [0.1, 0.15) is 31.4 Å². The number of benzene rings is 1. The normalized spacial score (nSPS) is 11.5. The van der Waals surface area contributed by atoms with Gasteiger partial charge in [0.2, 0.25) is 0 Å². The lowest BCUT2D eigenvalue weighted by molar-refractivity contribution is 1.13. The van der Waals surface area contributed by atoms with E-state index in [0.717, 1.165) is 24.2 Å². The van der Waals surface area contributed by atoms with Gasteiger partial charge in [0.1, 0.15) is 0 Å². The molecule has 0 N–H and O–H groups in total. The number of hydrogen-bond donors (Lipinski definition) is 0. The largest absolute Gasteiger partial charge is 0.253 e. The maximum Gasteiger partial charge on any atom is 0.0664 e. The molecule has 0 aromatic heterocycles. The summed E-state index contributed by atoms with van der Waals surface area (Å²) in [5.41, 5.74) is 4.68. The van der Waals surface area contributed by atoms with Gasteiger partial charge in [0.15, 0.2) is 0 Å². The summed E-state index contributed by atoms with van der Waals surface area (Å²) < 4.78 is 0. The van der Waals surface area contributed by atoms with Crippen molar-refractivity contribution in [3.8, 4) is 0 Å². The Morgan fingerprint density at radius 2 is 2.13 bits per heavy atom. The number of nitrogens with zero attached hydrogens (tertiary/aromatic N) is 1. The molecule has 0 saturated carbocycles. The molecule has 0 aliphatic heterocycles. The molecule has 0 spiro atoms. The van der Waals surface area contributed by atoms with Gasteiger partial charge in [-0.2, -0.15) is 0 Å². The predicted octanol–water partition coefficient (Wildman–Crippen LogP) is 4.23. The molecule has 0 saturated heterocycles. The molecule has 1 nitrogen and oxygen atoms in total. The van der Waals surface area contributed by atoms with Gasteiger partial charge in [0.05, 0.1) is 5.69 Å². The van der Waals surface area contributed by atoms with E-state index in [-0.39, 0.29) is 0 Å². The molecule has 0 amide bonds. The van der Waals surface area contributed by atoms with Gasteiger partial charge in [-0.15, -0.1) is 0 Å². The Morgan fingerprint density at radius 3 is 2.67 bits per heavy atom. The fraction of sp³-hybridized carbons (Fsp3) is 0.357. The van der Waals surface area contributed by atoms with E-state index < -0.39 is 0 Å². The minimum absolute atomic E-state index is 0.930. The Bertz CT molecular complexity index is 375. The second kappa shape index (κ2) is 5.50. The Labute approximate surface area is 92.6 Å². The van der Waals surface area contributed by atoms with Crippen LogP contribution in [0, 0.1) is 6.92 Å². The molecule has 0 aliphatic rings. The lowest BCUT2D eigenvalue weighted by Gasteiger charge is -2.04. The van der Waals surface area contributed by atoms with Crippen LogP contribution < -0.4 is 0 Å². The van der Waals surface area contributed by atoms with Crippen LogP contribution in [0.3, 0.4) is 0 Å². The summed E-state index contributed by atoms with van der Waals surface area (Å²) in [5, 5.41) is 0. The average Bonchev–Trinajstić information content (AvgIpc) is 2.28. The van der Waals surface area contributed by atoms with Gasteiger partial charge in [-0.1, -0.05) is 32.6 Å². The maximum absolute atomic E-state index is 4.60. The number of allylic oxidation sites excluding steroid dienone is 1. The molecular formula is C14H19N. The summed E-state index contributed by atoms with van der Waals surface area (Å²) in [4.78, 5) is 4.60. The topological polar surface area (TPSA) is 12.4 Å². The third kappa shape index (κ3) is 3.05. The lowest BCUT2D eigenvalue weighted by Crippen LogP contribution is -1.90. The molecule has 0 unspecified atom stereocenters. The SMILES string of the molecule is C=C/C(CC)=N\c1cc(CC)ccc1C. The molecular weight excluding hydrogens is 182 g/mol. The lowest BCUT2D eigenvalue weighted by atomic mass is 10.1. The Kier molecular flexibility index (Phi) is 4.29. The van der Waals surface area contributed by atoms with Crippen molar-refractivity contribution in [2.75, 3.05) is 0 Å². The van der Waals surface area contributed by atoms with Crippen LogP contribution in [-0.2, 0) is 6.42 Å². The molecule has 0 fully saturated rings. The molecule has 0 atom stereocenters. The minimum Gasteiger partial charge on any atom is -0.253 e. The molecule has 80 valence electrons. The molecule has 0 heterocycles. The van der Waals surface area contributed by atoms with Crippen molar-refractivity contribution in [3.05, 3.63) is 42.0 Å². The van der Waals surface area contributed by atoms with Gasteiger partial charge >= 0.3 is 0 Å². The predicted molar refractivity (Wildman–Crippen MR) is 68.1 cm³/mol. The van der Waals surface area contributed by atoms with Crippen molar-refractivity contribution in [1.29, 1.82) is 0 Å². The van der Waals surface area contributed by atoms with E-state index in [4.69, 9.17) is 0 Å². The molecule has 1 aromatic rings. The minimum atomic E-state index is 0.930.